The molecular weight excluding hydrogens is 224 g/mol. The van der Waals surface area contributed by atoms with Gasteiger partial charge in [-0.05, 0) is 44.6 Å². The largest absolute Gasteiger partial charge is 0.325 e. The van der Waals surface area contributed by atoms with Crippen LogP contribution in [-0.2, 0) is 4.79 Å². The molecule has 4 heteroatoms. The van der Waals surface area contributed by atoms with Gasteiger partial charge in [-0.1, -0.05) is 17.7 Å². The van der Waals surface area contributed by atoms with E-state index in [9.17, 15) is 4.79 Å². The number of amides is 1. The van der Waals surface area contributed by atoms with E-state index in [4.69, 9.17) is 11.6 Å². The molecule has 16 heavy (non-hydrogen) atoms. The SMILES string of the molecule is CNCCCC(=O)Nc1cc(C)ccc1Cl. The van der Waals surface area contributed by atoms with Crippen LogP contribution in [0.5, 0.6) is 0 Å². The molecule has 2 N–H and O–H groups in total. The maximum absolute atomic E-state index is 11.6. The van der Waals surface area contributed by atoms with Gasteiger partial charge in [0.25, 0.3) is 0 Å². The molecule has 0 aliphatic rings. The van der Waals surface area contributed by atoms with Crippen LogP contribution in [0.25, 0.3) is 0 Å². The Labute approximate surface area is 101 Å². The Morgan fingerprint density at radius 1 is 1.44 bits per heavy atom. The fourth-order valence-corrected chi connectivity index (χ4v) is 1.54. The van der Waals surface area contributed by atoms with E-state index in [-0.39, 0.29) is 5.91 Å². The monoisotopic (exact) mass is 240 g/mol. The normalized spacial score (nSPS) is 10.2. The van der Waals surface area contributed by atoms with Gasteiger partial charge < -0.3 is 10.6 Å². The number of benzene rings is 1. The number of aryl methyl sites for hydroxylation is 1. The molecule has 0 saturated heterocycles. The van der Waals surface area contributed by atoms with E-state index in [2.05, 4.69) is 10.6 Å². The zero-order valence-corrected chi connectivity index (χ0v) is 10.4. The second-order valence-electron chi connectivity index (χ2n) is 3.74. The van der Waals surface area contributed by atoms with Gasteiger partial charge in [0.05, 0.1) is 10.7 Å². The third kappa shape index (κ3) is 4.21. The Morgan fingerprint density at radius 3 is 2.88 bits per heavy atom. The number of hydrogen-bond donors (Lipinski definition) is 2. The molecule has 1 rings (SSSR count). The van der Waals surface area contributed by atoms with Gasteiger partial charge in [-0.2, -0.15) is 0 Å². The molecule has 0 radical (unpaired) electrons. The van der Waals surface area contributed by atoms with Gasteiger partial charge in [0.15, 0.2) is 0 Å². The topological polar surface area (TPSA) is 41.1 Å². The summed E-state index contributed by atoms with van der Waals surface area (Å²) in [5.74, 6) is 0.00255. The van der Waals surface area contributed by atoms with E-state index < -0.39 is 0 Å². The summed E-state index contributed by atoms with van der Waals surface area (Å²) in [6.45, 7) is 2.81. The summed E-state index contributed by atoms with van der Waals surface area (Å²) < 4.78 is 0. The lowest BCUT2D eigenvalue weighted by Gasteiger charge is -2.07. The first-order valence-electron chi connectivity index (χ1n) is 5.34. The fourth-order valence-electron chi connectivity index (χ4n) is 1.37. The first kappa shape index (κ1) is 13.0. The van der Waals surface area contributed by atoms with Crippen molar-refractivity contribution in [1.82, 2.24) is 5.32 Å². The maximum atomic E-state index is 11.6. The Kier molecular flexibility index (Phi) is 5.29. The quantitative estimate of drug-likeness (QED) is 0.777. The zero-order valence-electron chi connectivity index (χ0n) is 9.64. The standard InChI is InChI=1S/C12H17ClN2O/c1-9-5-6-10(13)11(8-9)15-12(16)4-3-7-14-2/h5-6,8,14H,3-4,7H2,1-2H3,(H,15,16). The van der Waals surface area contributed by atoms with Crippen LogP contribution >= 0.6 is 11.6 Å². The van der Waals surface area contributed by atoms with Crippen molar-refractivity contribution < 1.29 is 4.79 Å². The lowest BCUT2D eigenvalue weighted by Crippen LogP contribution is -2.15. The molecule has 0 aromatic heterocycles. The van der Waals surface area contributed by atoms with E-state index in [1.54, 1.807) is 6.07 Å². The lowest BCUT2D eigenvalue weighted by atomic mass is 10.2. The van der Waals surface area contributed by atoms with Gasteiger partial charge in [0, 0.05) is 6.42 Å². The second kappa shape index (κ2) is 6.51. The smallest absolute Gasteiger partial charge is 0.224 e. The third-order valence-electron chi connectivity index (χ3n) is 2.23. The van der Waals surface area contributed by atoms with Crippen LogP contribution in [-0.4, -0.2) is 19.5 Å². The third-order valence-corrected chi connectivity index (χ3v) is 2.56. The maximum Gasteiger partial charge on any atom is 0.224 e. The van der Waals surface area contributed by atoms with E-state index in [1.165, 1.54) is 0 Å². The molecule has 1 aromatic rings. The number of hydrogen-bond acceptors (Lipinski definition) is 2. The molecule has 0 unspecified atom stereocenters. The molecular formula is C12H17ClN2O. The number of carbonyl (C=O) groups excluding carboxylic acids is 1. The highest BCUT2D eigenvalue weighted by molar-refractivity contribution is 6.33. The first-order chi connectivity index (χ1) is 7.63. The molecule has 0 heterocycles. The van der Waals surface area contributed by atoms with Crippen molar-refractivity contribution >= 4 is 23.2 Å². The molecule has 0 aliphatic carbocycles. The van der Waals surface area contributed by atoms with Crippen molar-refractivity contribution in [3.8, 4) is 0 Å². The van der Waals surface area contributed by atoms with Crippen molar-refractivity contribution in [3.63, 3.8) is 0 Å². The van der Waals surface area contributed by atoms with Crippen LogP contribution in [0.4, 0.5) is 5.69 Å². The Hall–Kier alpha value is -1.06. The molecule has 0 aliphatic heterocycles. The molecule has 0 spiro atoms. The average Bonchev–Trinajstić information content (AvgIpc) is 2.24. The van der Waals surface area contributed by atoms with E-state index in [1.807, 2.05) is 26.1 Å². The lowest BCUT2D eigenvalue weighted by molar-refractivity contribution is -0.116. The highest BCUT2D eigenvalue weighted by Crippen LogP contribution is 2.22. The summed E-state index contributed by atoms with van der Waals surface area (Å²) in [6.07, 6.45) is 1.33. The molecule has 0 saturated carbocycles. The van der Waals surface area contributed by atoms with Crippen LogP contribution in [0.15, 0.2) is 18.2 Å². The van der Waals surface area contributed by atoms with Crippen LogP contribution in [0.1, 0.15) is 18.4 Å². The summed E-state index contributed by atoms with van der Waals surface area (Å²) in [7, 11) is 1.87. The van der Waals surface area contributed by atoms with Gasteiger partial charge in [0.2, 0.25) is 5.91 Å². The number of nitrogens with one attached hydrogen (secondary N) is 2. The Bertz CT molecular complexity index is 366. The van der Waals surface area contributed by atoms with Crippen molar-refractivity contribution in [1.29, 1.82) is 0 Å². The van der Waals surface area contributed by atoms with Gasteiger partial charge >= 0.3 is 0 Å². The van der Waals surface area contributed by atoms with Gasteiger partial charge in [0.1, 0.15) is 0 Å². The summed E-state index contributed by atoms with van der Waals surface area (Å²) in [5.41, 5.74) is 1.77. The molecule has 1 aromatic carbocycles. The van der Waals surface area contributed by atoms with Crippen LogP contribution in [0.3, 0.4) is 0 Å². The van der Waals surface area contributed by atoms with Crippen molar-refractivity contribution in [2.24, 2.45) is 0 Å². The van der Waals surface area contributed by atoms with Crippen molar-refractivity contribution in [2.75, 3.05) is 18.9 Å². The van der Waals surface area contributed by atoms with Gasteiger partial charge in [-0.25, -0.2) is 0 Å². The molecule has 88 valence electrons. The predicted octanol–water partition coefficient (Wildman–Crippen LogP) is 2.59. The van der Waals surface area contributed by atoms with Crippen molar-refractivity contribution in [2.45, 2.75) is 19.8 Å². The number of rotatable bonds is 5. The van der Waals surface area contributed by atoms with E-state index in [0.29, 0.717) is 17.1 Å². The molecule has 0 fully saturated rings. The molecule has 1 amide bonds. The van der Waals surface area contributed by atoms with Gasteiger partial charge in [-0.15, -0.1) is 0 Å². The minimum atomic E-state index is 0.00255. The first-order valence-corrected chi connectivity index (χ1v) is 5.72. The number of carbonyl (C=O) groups is 1. The summed E-state index contributed by atoms with van der Waals surface area (Å²) in [5, 5.41) is 6.39. The van der Waals surface area contributed by atoms with Crippen LogP contribution < -0.4 is 10.6 Å². The Balaban J connectivity index is 2.52. The van der Waals surface area contributed by atoms with Crippen molar-refractivity contribution in [3.05, 3.63) is 28.8 Å². The predicted molar refractivity (Wildman–Crippen MR) is 68.0 cm³/mol. The zero-order chi connectivity index (χ0) is 12.0. The minimum absolute atomic E-state index is 0.00255. The molecule has 0 atom stereocenters. The second-order valence-corrected chi connectivity index (χ2v) is 4.15. The number of halogens is 1. The van der Waals surface area contributed by atoms with E-state index >= 15 is 0 Å². The minimum Gasteiger partial charge on any atom is -0.325 e. The number of anilines is 1. The molecule has 0 bridgehead atoms. The average molecular weight is 241 g/mol. The van der Waals surface area contributed by atoms with Crippen LogP contribution in [0, 0.1) is 6.92 Å². The molecule has 3 nitrogen and oxygen atoms in total. The summed E-state index contributed by atoms with van der Waals surface area (Å²) >= 11 is 5.97. The van der Waals surface area contributed by atoms with E-state index in [0.717, 1.165) is 18.5 Å². The fraction of sp³-hybridized carbons (Fsp3) is 0.417. The Morgan fingerprint density at radius 2 is 2.19 bits per heavy atom. The summed E-state index contributed by atoms with van der Waals surface area (Å²) in [6, 6.07) is 5.58. The van der Waals surface area contributed by atoms with Gasteiger partial charge in [-0.3, -0.25) is 4.79 Å². The van der Waals surface area contributed by atoms with Crippen LogP contribution in [0.2, 0.25) is 5.02 Å². The summed E-state index contributed by atoms with van der Waals surface area (Å²) in [4.78, 5) is 11.6. The highest BCUT2D eigenvalue weighted by atomic mass is 35.5. The highest BCUT2D eigenvalue weighted by Gasteiger charge is 2.05.